The molecule has 1 unspecified atom stereocenters. The van der Waals surface area contributed by atoms with Gasteiger partial charge in [-0.1, -0.05) is 13.8 Å². The monoisotopic (exact) mass is 485 g/mol. The molecule has 0 fully saturated rings. The zero-order valence-corrected chi connectivity index (χ0v) is 18.5. The van der Waals surface area contributed by atoms with Crippen molar-refractivity contribution in [2.45, 2.75) is 26.1 Å². The molecular formula is C20H24NO11P. The third-order valence-corrected chi connectivity index (χ3v) is 5.60. The number of phenols is 5. The molecule has 180 valence electrons. The van der Waals surface area contributed by atoms with Gasteiger partial charge < -0.3 is 35.2 Å². The summed E-state index contributed by atoms with van der Waals surface area (Å²) in [6, 6.07) is 3.80. The Bertz CT molecular complexity index is 1080. The number of carbonyl (C=O) groups excluding carboxylic acids is 1. The van der Waals surface area contributed by atoms with Crippen molar-refractivity contribution in [3.05, 3.63) is 35.4 Å². The summed E-state index contributed by atoms with van der Waals surface area (Å²) in [5, 5.41) is 52.0. The van der Waals surface area contributed by atoms with Gasteiger partial charge in [0.15, 0.2) is 29.5 Å². The molecule has 0 saturated carbocycles. The fraction of sp³-hybridized carbons (Fsp3) is 0.350. The zero-order chi connectivity index (χ0) is 24.5. The molecule has 0 bridgehead atoms. The summed E-state index contributed by atoms with van der Waals surface area (Å²) >= 11 is 0. The molecular weight excluding hydrogens is 461 g/mol. The van der Waals surface area contributed by atoms with E-state index in [9.17, 15) is 39.8 Å². The summed E-state index contributed by atoms with van der Waals surface area (Å²) in [6.07, 6.45) is -3.42. The van der Waals surface area contributed by atoms with Gasteiger partial charge >= 0.3 is 7.82 Å². The molecule has 0 radical (unpaired) electrons. The number of phenolic OH excluding ortho intramolecular Hbond substituents is 5. The largest absolute Gasteiger partial charge is 0.508 e. The molecule has 1 heterocycles. The lowest BCUT2D eigenvalue weighted by Gasteiger charge is -2.33. The molecule has 3 rings (SSSR count). The first kappa shape index (κ1) is 24.6. The Kier molecular flexibility index (Phi) is 7.06. The summed E-state index contributed by atoms with van der Waals surface area (Å²) in [4.78, 5) is 23.3. The van der Waals surface area contributed by atoms with Crippen LogP contribution in [0.25, 0.3) is 0 Å². The van der Waals surface area contributed by atoms with Gasteiger partial charge in [0.25, 0.3) is 0 Å². The van der Waals surface area contributed by atoms with Crippen LogP contribution in [0.3, 0.4) is 0 Å². The van der Waals surface area contributed by atoms with Crippen LogP contribution in [0.5, 0.6) is 34.5 Å². The Morgan fingerprint density at radius 3 is 2.30 bits per heavy atom. The average Bonchev–Trinajstić information content (AvgIpc) is 2.70. The van der Waals surface area contributed by atoms with E-state index in [0.717, 1.165) is 24.3 Å². The molecule has 1 aliphatic rings. The number of ether oxygens (including phenoxy) is 1. The Morgan fingerprint density at radius 1 is 1.06 bits per heavy atom. The van der Waals surface area contributed by atoms with Crippen LogP contribution < -0.4 is 10.1 Å². The van der Waals surface area contributed by atoms with Gasteiger partial charge in [-0.15, -0.1) is 0 Å². The quantitative estimate of drug-likeness (QED) is 0.125. The average molecular weight is 485 g/mol. The second-order valence-corrected chi connectivity index (χ2v) is 9.17. The Hall–Kier alpha value is -3.02. The molecule has 0 aromatic heterocycles. The molecule has 0 spiro atoms. The Morgan fingerprint density at radius 2 is 1.70 bits per heavy atom. The van der Waals surface area contributed by atoms with Gasteiger partial charge in [0.05, 0.1) is 0 Å². The van der Waals surface area contributed by atoms with E-state index in [1.807, 2.05) is 13.8 Å². The number of fused-ring (bicyclic) bond motifs is 1. The molecule has 13 heteroatoms. The van der Waals surface area contributed by atoms with Crippen molar-refractivity contribution in [3.8, 4) is 34.5 Å². The topological polar surface area (TPSA) is 195 Å². The van der Waals surface area contributed by atoms with Crippen LogP contribution in [0, 0.1) is 5.92 Å². The number of nitrogens with one attached hydrogen (secondary N) is 1. The molecule has 1 aliphatic heterocycles. The lowest BCUT2D eigenvalue weighted by molar-refractivity contribution is 0.0124. The van der Waals surface area contributed by atoms with Gasteiger partial charge in [0.2, 0.25) is 5.78 Å². The van der Waals surface area contributed by atoms with Crippen molar-refractivity contribution < 1.29 is 53.6 Å². The SMILES string of the molecule is CC(C)CNCOP(=O)(O)O[C@H]1C(=O)c2c(O)cc(O)cc2O[C@@H]1c1cc(O)c(O)c(O)c1. The number of phosphoric ester groups is 1. The zero-order valence-electron chi connectivity index (χ0n) is 17.6. The number of hydrogen-bond acceptors (Lipinski definition) is 11. The van der Waals surface area contributed by atoms with Crippen molar-refractivity contribution >= 4 is 13.6 Å². The molecule has 2 aromatic rings. The third kappa shape index (κ3) is 5.49. The minimum atomic E-state index is -4.85. The van der Waals surface area contributed by atoms with E-state index in [1.54, 1.807) is 0 Å². The number of phosphoric acid groups is 1. The predicted molar refractivity (Wildman–Crippen MR) is 112 cm³/mol. The number of aromatic hydroxyl groups is 5. The number of carbonyl (C=O) groups is 1. The highest BCUT2D eigenvalue weighted by atomic mass is 31.2. The number of rotatable bonds is 8. The van der Waals surface area contributed by atoms with E-state index in [4.69, 9.17) is 13.8 Å². The van der Waals surface area contributed by atoms with Gasteiger partial charge in [-0.3, -0.25) is 19.2 Å². The highest BCUT2D eigenvalue weighted by molar-refractivity contribution is 7.47. The Labute approximate surface area is 188 Å². The molecule has 12 nitrogen and oxygen atoms in total. The summed E-state index contributed by atoms with van der Waals surface area (Å²) in [5.41, 5.74) is -0.535. The predicted octanol–water partition coefficient (Wildman–Crippen LogP) is 2.24. The molecule has 2 aromatic carbocycles. The minimum absolute atomic E-state index is 0.118. The van der Waals surface area contributed by atoms with Crippen LogP contribution in [0.1, 0.15) is 35.9 Å². The standard InChI is InChI=1S/C20H24NO11P/c1-9(2)7-21-8-30-33(28,29)32-20-18(27)16-12(23)5-11(22)6-15(16)31-19(20)10-3-13(24)17(26)14(25)4-10/h3-6,9,19-26H,7-8H2,1-2H3,(H,28,29)/t19-,20+/m1/s1. The van der Waals surface area contributed by atoms with Gasteiger partial charge in [-0.2, -0.15) is 0 Å². The van der Waals surface area contributed by atoms with Gasteiger partial charge in [0.1, 0.15) is 29.5 Å². The van der Waals surface area contributed by atoms with E-state index in [2.05, 4.69) is 5.32 Å². The van der Waals surface area contributed by atoms with Crippen LogP contribution in [0.15, 0.2) is 24.3 Å². The minimum Gasteiger partial charge on any atom is -0.508 e. The molecule has 0 aliphatic carbocycles. The maximum absolute atomic E-state index is 13.1. The van der Waals surface area contributed by atoms with Crippen LogP contribution in [0.4, 0.5) is 0 Å². The summed E-state index contributed by atoms with van der Waals surface area (Å²) in [7, 11) is -4.85. The van der Waals surface area contributed by atoms with E-state index in [-0.39, 0.29) is 24.0 Å². The van der Waals surface area contributed by atoms with Gasteiger partial charge in [-0.05, 0) is 24.6 Å². The van der Waals surface area contributed by atoms with Crippen molar-refractivity contribution in [1.29, 1.82) is 0 Å². The fourth-order valence-electron chi connectivity index (χ4n) is 3.19. The molecule has 33 heavy (non-hydrogen) atoms. The lowest BCUT2D eigenvalue weighted by Crippen LogP contribution is -2.38. The first-order valence-electron chi connectivity index (χ1n) is 9.77. The van der Waals surface area contributed by atoms with Crippen molar-refractivity contribution in [3.63, 3.8) is 0 Å². The number of benzene rings is 2. The fourth-order valence-corrected chi connectivity index (χ4v) is 4.00. The van der Waals surface area contributed by atoms with E-state index >= 15 is 0 Å². The lowest BCUT2D eigenvalue weighted by atomic mass is 9.92. The van der Waals surface area contributed by atoms with Crippen molar-refractivity contribution in [2.24, 2.45) is 5.92 Å². The van der Waals surface area contributed by atoms with Crippen LogP contribution >= 0.6 is 7.82 Å². The number of ketones is 1. The van der Waals surface area contributed by atoms with Gasteiger partial charge in [-0.25, -0.2) is 4.57 Å². The molecule has 7 N–H and O–H groups in total. The summed E-state index contributed by atoms with van der Waals surface area (Å²) in [5.74, 6) is -4.47. The van der Waals surface area contributed by atoms with E-state index < -0.39 is 60.1 Å². The molecule has 3 atom stereocenters. The van der Waals surface area contributed by atoms with Crippen LogP contribution in [0.2, 0.25) is 0 Å². The maximum Gasteiger partial charge on any atom is 0.474 e. The van der Waals surface area contributed by atoms with Crippen molar-refractivity contribution in [1.82, 2.24) is 5.32 Å². The normalized spacial score (nSPS) is 19.7. The van der Waals surface area contributed by atoms with Crippen LogP contribution in [-0.2, 0) is 13.6 Å². The highest BCUT2D eigenvalue weighted by Gasteiger charge is 2.45. The van der Waals surface area contributed by atoms with Crippen molar-refractivity contribution in [2.75, 3.05) is 13.3 Å². The third-order valence-electron chi connectivity index (χ3n) is 4.65. The van der Waals surface area contributed by atoms with E-state index in [0.29, 0.717) is 6.54 Å². The van der Waals surface area contributed by atoms with E-state index in [1.165, 1.54) is 0 Å². The first-order valence-corrected chi connectivity index (χ1v) is 11.3. The smallest absolute Gasteiger partial charge is 0.474 e. The molecule has 0 saturated heterocycles. The van der Waals surface area contributed by atoms with Crippen LogP contribution in [-0.4, -0.2) is 55.6 Å². The first-order chi connectivity index (χ1) is 15.4. The summed E-state index contributed by atoms with van der Waals surface area (Å²) in [6.45, 7) is 3.93. The second kappa shape index (κ2) is 9.46. The number of hydrogen-bond donors (Lipinski definition) is 7. The number of Topliss-reactive ketones (excluding diaryl/α,β-unsaturated/α-hetero) is 1. The summed E-state index contributed by atoms with van der Waals surface area (Å²) < 4.78 is 28.1. The highest BCUT2D eigenvalue weighted by Crippen LogP contribution is 2.51. The maximum atomic E-state index is 13.1. The Balaban J connectivity index is 1.98. The molecule has 0 amide bonds. The second-order valence-electron chi connectivity index (χ2n) is 7.76. The van der Waals surface area contributed by atoms with Gasteiger partial charge in [0, 0.05) is 17.7 Å².